The lowest BCUT2D eigenvalue weighted by atomic mass is 10.1. The highest BCUT2D eigenvalue weighted by Crippen LogP contribution is 2.11. The standard InChI is InChI=1S/C21H35N5O2.HI/c1-2-22-21(23-6-7-25-8-12-27-13-9-25)24-17-19-4-3-5-20(16-19)18-26-10-14-28-15-11-26;/h3-5,16H,2,6-15,17-18H2,1H3,(H2,22,23,24);1H. The summed E-state index contributed by atoms with van der Waals surface area (Å²) in [7, 11) is 0. The molecule has 0 amide bonds. The smallest absolute Gasteiger partial charge is 0.191 e. The highest BCUT2D eigenvalue weighted by atomic mass is 127. The summed E-state index contributed by atoms with van der Waals surface area (Å²) < 4.78 is 10.8. The molecule has 29 heavy (non-hydrogen) atoms. The minimum Gasteiger partial charge on any atom is -0.379 e. The Bertz CT molecular complexity index is 604. The van der Waals surface area contributed by atoms with Crippen molar-refractivity contribution in [2.75, 3.05) is 72.2 Å². The molecule has 1 aromatic carbocycles. The van der Waals surface area contributed by atoms with E-state index in [2.05, 4.69) is 51.6 Å². The molecule has 0 bridgehead atoms. The van der Waals surface area contributed by atoms with Gasteiger partial charge in [-0.3, -0.25) is 9.80 Å². The maximum atomic E-state index is 5.44. The number of guanidine groups is 1. The van der Waals surface area contributed by atoms with E-state index in [1.807, 2.05) is 0 Å². The Labute approximate surface area is 192 Å². The Kier molecular flexibility index (Phi) is 11.9. The summed E-state index contributed by atoms with van der Waals surface area (Å²) in [5.74, 6) is 0.884. The molecule has 164 valence electrons. The van der Waals surface area contributed by atoms with Crippen molar-refractivity contribution < 1.29 is 9.47 Å². The lowest BCUT2D eigenvalue weighted by Crippen LogP contribution is -2.44. The molecule has 0 unspecified atom stereocenters. The summed E-state index contributed by atoms with van der Waals surface area (Å²) in [5.41, 5.74) is 2.59. The summed E-state index contributed by atoms with van der Waals surface area (Å²) in [4.78, 5) is 9.65. The molecule has 2 fully saturated rings. The quantitative estimate of drug-likeness (QED) is 0.310. The van der Waals surface area contributed by atoms with Crippen molar-refractivity contribution in [1.29, 1.82) is 0 Å². The minimum atomic E-state index is 0. The molecule has 2 saturated heterocycles. The number of ether oxygens (including phenoxy) is 2. The van der Waals surface area contributed by atoms with E-state index in [0.717, 1.165) is 84.7 Å². The first-order valence-corrected chi connectivity index (χ1v) is 10.5. The number of aliphatic imine (C=N–C) groups is 1. The van der Waals surface area contributed by atoms with Gasteiger partial charge in [0.25, 0.3) is 0 Å². The number of hydrogen-bond donors (Lipinski definition) is 2. The molecular weight excluding hydrogens is 481 g/mol. The Morgan fingerprint density at radius 1 is 0.966 bits per heavy atom. The zero-order valence-electron chi connectivity index (χ0n) is 17.6. The maximum absolute atomic E-state index is 5.44. The van der Waals surface area contributed by atoms with E-state index in [1.54, 1.807) is 0 Å². The zero-order chi connectivity index (χ0) is 19.4. The zero-order valence-corrected chi connectivity index (χ0v) is 19.9. The van der Waals surface area contributed by atoms with Gasteiger partial charge < -0.3 is 20.1 Å². The molecule has 2 aliphatic rings. The van der Waals surface area contributed by atoms with Crippen LogP contribution in [0.25, 0.3) is 0 Å². The third-order valence-electron chi connectivity index (χ3n) is 5.09. The van der Waals surface area contributed by atoms with Gasteiger partial charge in [-0.25, -0.2) is 4.99 Å². The summed E-state index contributed by atoms with van der Waals surface area (Å²) >= 11 is 0. The van der Waals surface area contributed by atoms with Crippen molar-refractivity contribution in [1.82, 2.24) is 20.4 Å². The van der Waals surface area contributed by atoms with E-state index in [-0.39, 0.29) is 24.0 Å². The Morgan fingerprint density at radius 3 is 2.31 bits per heavy atom. The summed E-state index contributed by atoms with van der Waals surface area (Å²) in [6.07, 6.45) is 0. The highest BCUT2D eigenvalue weighted by molar-refractivity contribution is 14.0. The van der Waals surface area contributed by atoms with Crippen molar-refractivity contribution in [2.24, 2.45) is 4.99 Å². The number of morpholine rings is 2. The van der Waals surface area contributed by atoms with E-state index < -0.39 is 0 Å². The monoisotopic (exact) mass is 517 g/mol. The van der Waals surface area contributed by atoms with Gasteiger partial charge in [-0.05, 0) is 18.1 Å². The van der Waals surface area contributed by atoms with Gasteiger partial charge in [-0.2, -0.15) is 0 Å². The van der Waals surface area contributed by atoms with Crippen LogP contribution in [0.15, 0.2) is 29.3 Å². The van der Waals surface area contributed by atoms with Crippen molar-refractivity contribution >= 4 is 29.9 Å². The first-order valence-electron chi connectivity index (χ1n) is 10.5. The number of nitrogens with zero attached hydrogens (tertiary/aromatic N) is 3. The van der Waals surface area contributed by atoms with Crippen molar-refractivity contribution in [3.05, 3.63) is 35.4 Å². The van der Waals surface area contributed by atoms with E-state index in [1.165, 1.54) is 11.1 Å². The number of nitrogens with one attached hydrogen (secondary N) is 2. The van der Waals surface area contributed by atoms with Gasteiger partial charge in [0.15, 0.2) is 5.96 Å². The van der Waals surface area contributed by atoms with Crippen LogP contribution in [0.3, 0.4) is 0 Å². The normalized spacial score (nSPS) is 18.9. The van der Waals surface area contributed by atoms with E-state index in [4.69, 9.17) is 14.5 Å². The van der Waals surface area contributed by atoms with Crippen molar-refractivity contribution in [3.8, 4) is 0 Å². The second kappa shape index (κ2) is 14.1. The lowest BCUT2D eigenvalue weighted by Gasteiger charge is -2.26. The highest BCUT2D eigenvalue weighted by Gasteiger charge is 2.11. The molecule has 0 aromatic heterocycles. The molecule has 8 heteroatoms. The summed E-state index contributed by atoms with van der Waals surface area (Å²) in [5, 5.41) is 6.80. The fourth-order valence-corrected chi connectivity index (χ4v) is 3.51. The van der Waals surface area contributed by atoms with Crippen LogP contribution in [0, 0.1) is 0 Å². The second-order valence-electron chi connectivity index (χ2n) is 7.28. The average Bonchev–Trinajstić information content (AvgIpc) is 2.74. The topological polar surface area (TPSA) is 61.4 Å². The minimum absolute atomic E-state index is 0. The predicted octanol–water partition coefficient (Wildman–Crippen LogP) is 1.52. The van der Waals surface area contributed by atoms with Gasteiger partial charge in [-0.1, -0.05) is 24.3 Å². The number of benzene rings is 1. The van der Waals surface area contributed by atoms with E-state index in [9.17, 15) is 0 Å². The van der Waals surface area contributed by atoms with Crippen LogP contribution in [0.1, 0.15) is 18.1 Å². The van der Waals surface area contributed by atoms with Gasteiger partial charge in [-0.15, -0.1) is 24.0 Å². The van der Waals surface area contributed by atoms with Crippen LogP contribution in [-0.2, 0) is 22.6 Å². The van der Waals surface area contributed by atoms with E-state index in [0.29, 0.717) is 6.54 Å². The Hall–Kier alpha value is -0.940. The molecule has 0 spiro atoms. The van der Waals surface area contributed by atoms with Gasteiger partial charge >= 0.3 is 0 Å². The molecular formula is C21H36IN5O2. The number of rotatable bonds is 8. The van der Waals surface area contributed by atoms with Crippen LogP contribution in [0.2, 0.25) is 0 Å². The average molecular weight is 517 g/mol. The van der Waals surface area contributed by atoms with Gasteiger partial charge in [0.2, 0.25) is 0 Å². The lowest BCUT2D eigenvalue weighted by molar-refractivity contribution is 0.0342. The van der Waals surface area contributed by atoms with Gasteiger partial charge in [0.1, 0.15) is 0 Å². The molecule has 0 saturated carbocycles. The Morgan fingerprint density at radius 2 is 1.62 bits per heavy atom. The first kappa shape index (κ1) is 24.3. The van der Waals surface area contributed by atoms with Crippen LogP contribution in [0.4, 0.5) is 0 Å². The third-order valence-corrected chi connectivity index (χ3v) is 5.09. The largest absolute Gasteiger partial charge is 0.379 e. The molecule has 2 aliphatic heterocycles. The fraction of sp³-hybridized carbons (Fsp3) is 0.667. The molecule has 1 aromatic rings. The molecule has 0 atom stereocenters. The maximum Gasteiger partial charge on any atom is 0.191 e. The molecule has 2 N–H and O–H groups in total. The third kappa shape index (κ3) is 9.17. The predicted molar refractivity (Wildman–Crippen MR) is 128 cm³/mol. The van der Waals surface area contributed by atoms with Crippen molar-refractivity contribution in [2.45, 2.75) is 20.0 Å². The molecule has 0 aliphatic carbocycles. The summed E-state index contributed by atoms with van der Waals surface area (Å²) in [6.45, 7) is 14.0. The SMILES string of the molecule is CCNC(=NCc1cccc(CN2CCOCC2)c1)NCCN1CCOCC1.I. The summed E-state index contributed by atoms with van der Waals surface area (Å²) in [6, 6.07) is 8.77. The van der Waals surface area contributed by atoms with Crippen LogP contribution in [-0.4, -0.2) is 88.0 Å². The molecule has 3 rings (SSSR count). The van der Waals surface area contributed by atoms with Gasteiger partial charge in [0.05, 0.1) is 33.0 Å². The van der Waals surface area contributed by atoms with Crippen molar-refractivity contribution in [3.63, 3.8) is 0 Å². The van der Waals surface area contributed by atoms with Gasteiger partial charge in [0, 0.05) is 52.4 Å². The fourth-order valence-electron chi connectivity index (χ4n) is 3.51. The number of hydrogen-bond acceptors (Lipinski definition) is 5. The van der Waals surface area contributed by atoms with Crippen LogP contribution < -0.4 is 10.6 Å². The Balaban J connectivity index is 0.00000300. The first-order chi connectivity index (χ1) is 13.8. The number of halogens is 1. The second-order valence-corrected chi connectivity index (χ2v) is 7.28. The molecule has 2 heterocycles. The molecule has 0 radical (unpaired) electrons. The van der Waals surface area contributed by atoms with Crippen LogP contribution >= 0.6 is 24.0 Å². The van der Waals surface area contributed by atoms with Crippen LogP contribution in [0.5, 0.6) is 0 Å². The molecule has 7 nitrogen and oxygen atoms in total. The van der Waals surface area contributed by atoms with E-state index >= 15 is 0 Å².